The van der Waals surface area contributed by atoms with Crippen LogP contribution in [0.15, 0.2) is 45.8 Å². The van der Waals surface area contributed by atoms with Gasteiger partial charge in [0.1, 0.15) is 11.9 Å². The third-order valence-corrected chi connectivity index (χ3v) is 6.00. The maximum absolute atomic E-state index is 15.1. The highest BCUT2D eigenvalue weighted by Crippen LogP contribution is 2.48. The number of para-hydroxylation sites is 1. The number of hydrogen-bond donors (Lipinski definition) is 1. The number of fused-ring (bicyclic) bond motifs is 6. The average molecular weight is 408 g/mol. The summed E-state index contributed by atoms with van der Waals surface area (Å²) in [6.07, 6.45) is 5.63. The van der Waals surface area contributed by atoms with E-state index < -0.39 is 18.2 Å². The van der Waals surface area contributed by atoms with E-state index in [2.05, 4.69) is 15.1 Å². The van der Waals surface area contributed by atoms with Gasteiger partial charge in [-0.05, 0) is 36.9 Å². The minimum Gasteiger partial charge on any atom is -0.380 e. The lowest BCUT2D eigenvalue weighted by Crippen LogP contribution is -2.49. The summed E-state index contributed by atoms with van der Waals surface area (Å²) < 4.78 is 20.4. The van der Waals surface area contributed by atoms with Gasteiger partial charge >= 0.3 is 0 Å². The highest BCUT2D eigenvalue weighted by molar-refractivity contribution is 5.80. The molecule has 0 bridgehead atoms. The van der Waals surface area contributed by atoms with Crippen LogP contribution < -0.4 is 9.91 Å². The van der Waals surface area contributed by atoms with E-state index in [9.17, 15) is 10.4 Å². The standard InChI is InChI=1S/C19H17FN8O2/c20-17-25(10-21)9-14-27(17)13-6-2-1-5-12(13)15-22-11-26(28(14)15)18-23-16(30-24-18)19(29)7-3-4-8-19/h1-2,5-6,9,11,15,17,29H,3-4,7-8H2. The summed E-state index contributed by atoms with van der Waals surface area (Å²) in [5.41, 5.74) is 0.313. The highest BCUT2D eigenvalue weighted by atomic mass is 19.1. The largest absolute Gasteiger partial charge is 0.380 e. The number of nitriles is 1. The summed E-state index contributed by atoms with van der Waals surface area (Å²) in [6.45, 7) is 0. The molecule has 0 spiro atoms. The molecule has 11 heteroatoms. The molecule has 30 heavy (non-hydrogen) atoms. The molecule has 1 N–H and O–H groups in total. The van der Waals surface area contributed by atoms with E-state index >= 15 is 4.39 Å². The topological polar surface area (TPSA) is 108 Å². The van der Waals surface area contributed by atoms with Gasteiger partial charge in [-0.25, -0.2) is 19.9 Å². The third-order valence-electron chi connectivity index (χ3n) is 6.00. The Bertz CT molecular complexity index is 1120. The first-order valence-electron chi connectivity index (χ1n) is 9.71. The van der Waals surface area contributed by atoms with Crippen LogP contribution in [0, 0.1) is 11.5 Å². The molecule has 2 aromatic rings. The van der Waals surface area contributed by atoms with Crippen LogP contribution in [-0.4, -0.2) is 37.9 Å². The van der Waals surface area contributed by atoms with Crippen LogP contribution in [0.5, 0.6) is 0 Å². The summed E-state index contributed by atoms with van der Waals surface area (Å²) in [7, 11) is 0. The van der Waals surface area contributed by atoms with Crippen molar-refractivity contribution in [3.8, 4) is 6.19 Å². The monoisotopic (exact) mass is 408 g/mol. The zero-order valence-corrected chi connectivity index (χ0v) is 15.8. The van der Waals surface area contributed by atoms with E-state index in [-0.39, 0.29) is 11.8 Å². The molecule has 1 saturated carbocycles. The molecule has 1 aromatic carbocycles. The van der Waals surface area contributed by atoms with Crippen molar-refractivity contribution < 1.29 is 14.0 Å². The number of halogens is 1. The van der Waals surface area contributed by atoms with Crippen molar-refractivity contribution in [3.63, 3.8) is 0 Å². The Labute approximate surface area is 170 Å². The second-order valence-electron chi connectivity index (χ2n) is 7.70. The van der Waals surface area contributed by atoms with Gasteiger partial charge in [0.15, 0.2) is 18.2 Å². The minimum absolute atomic E-state index is 0.170. The van der Waals surface area contributed by atoms with Crippen LogP contribution in [-0.2, 0) is 5.60 Å². The molecule has 4 heterocycles. The fourth-order valence-electron chi connectivity index (χ4n) is 4.52. The molecule has 6 rings (SSSR count). The summed E-state index contributed by atoms with van der Waals surface area (Å²) in [4.78, 5) is 11.4. The zero-order chi connectivity index (χ0) is 20.5. The normalized spacial score (nSPS) is 25.8. The molecule has 1 aromatic heterocycles. The van der Waals surface area contributed by atoms with E-state index in [1.54, 1.807) is 22.4 Å². The Morgan fingerprint density at radius 1 is 1.27 bits per heavy atom. The summed E-state index contributed by atoms with van der Waals surface area (Å²) in [6, 6.07) is 7.35. The van der Waals surface area contributed by atoms with Crippen LogP contribution in [0.4, 0.5) is 16.0 Å². The summed E-state index contributed by atoms with van der Waals surface area (Å²) in [5.74, 6) is 0.780. The van der Waals surface area contributed by atoms with Gasteiger partial charge in [0.05, 0.1) is 11.9 Å². The van der Waals surface area contributed by atoms with Crippen LogP contribution in [0.3, 0.4) is 0 Å². The Morgan fingerprint density at radius 2 is 2.07 bits per heavy atom. The van der Waals surface area contributed by atoms with E-state index in [1.807, 2.05) is 24.4 Å². The van der Waals surface area contributed by atoms with E-state index in [1.165, 1.54) is 11.1 Å². The smallest absolute Gasteiger partial charge is 0.290 e. The Kier molecular flexibility index (Phi) is 3.41. The van der Waals surface area contributed by atoms with Crippen molar-refractivity contribution in [1.82, 2.24) is 20.0 Å². The molecular weight excluding hydrogens is 391 g/mol. The van der Waals surface area contributed by atoms with Crippen molar-refractivity contribution in [1.29, 1.82) is 5.26 Å². The quantitative estimate of drug-likeness (QED) is 0.591. The SMILES string of the molecule is N#CN1C=C2N(c3ccccc3C3N=CN(c4noc(C5(O)CCCC5)n4)N23)C1F. The molecule has 1 aliphatic carbocycles. The van der Waals surface area contributed by atoms with Crippen LogP contribution in [0.2, 0.25) is 0 Å². The molecule has 1 fully saturated rings. The fraction of sp³-hybridized carbons (Fsp3) is 0.368. The van der Waals surface area contributed by atoms with Crippen molar-refractivity contribution >= 4 is 18.0 Å². The van der Waals surface area contributed by atoms with Crippen molar-refractivity contribution in [2.45, 2.75) is 43.9 Å². The van der Waals surface area contributed by atoms with Crippen LogP contribution in [0.25, 0.3) is 0 Å². The first-order valence-corrected chi connectivity index (χ1v) is 9.71. The lowest BCUT2D eigenvalue weighted by molar-refractivity contribution is 0.0112. The number of rotatable bonds is 2. The van der Waals surface area contributed by atoms with E-state index in [4.69, 9.17) is 4.52 Å². The molecule has 10 nitrogen and oxygen atoms in total. The first kappa shape index (κ1) is 17.2. The maximum Gasteiger partial charge on any atom is 0.290 e. The lowest BCUT2D eigenvalue weighted by atomic mass is 10.0. The van der Waals surface area contributed by atoms with Crippen molar-refractivity contribution in [2.24, 2.45) is 4.99 Å². The number of benzene rings is 1. The predicted octanol–water partition coefficient (Wildman–Crippen LogP) is 2.26. The molecule has 3 aliphatic heterocycles. The Hall–Kier alpha value is -3.65. The number of alkyl halides is 1. The van der Waals surface area contributed by atoms with Crippen molar-refractivity contribution in [3.05, 3.63) is 47.7 Å². The van der Waals surface area contributed by atoms with Gasteiger partial charge in [-0.2, -0.15) is 14.6 Å². The average Bonchev–Trinajstić information content (AvgIpc) is 3.53. The van der Waals surface area contributed by atoms with E-state index in [0.29, 0.717) is 24.4 Å². The number of nitrogens with zero attached hydrogens (tertiary/aromatic N) is 8. The number of hydrazine groups is 1. The predicted molar refractivity (Wildman–Crippen MR) is 102 cm³/mol. The van der Waals surface area contributed by atoms with Gasteiger partial charge in [-0.1, -0.05) is 18.2 Å². The number of anilines is 2. The Morgan fingerprint density at radius 3 is 2.87 bits per heavy atom. The van der Waals surface area contributed by atoms with Gasteiger partial charge in [0.2, 0.25) is 0 Å². The van der Waals surface area contributed by atoms with Crippen LogP contribution >= 0.6 is 0 Å². The van der Waals surface area contributed by atoms with Gasteiger partial charge in [0.25, 0.3) is 18.3 Å². The van der Waals surface area contributed by atoms with Gasteiger partial charge in [0, 0.05) is 5.56 Å². The van der Waals surface area contributed by atoms with Gasteiger partial charge in [-0.3, -0.25) is 4.90 Å². The minimum atomic E-state index is -1.67. The zero-order valence-electron chi connectivity index (χ0n) is 15.8. The number of aliphatic hydroxyl groups is 1. The Balaban J connectivity index is 1.43. The van der Waals surface area contributed by atoms with Gasteiger partial charge < -0.3 is 9.63 Å². The molecule has 2 atom stereocenters. The molecule has 0 radical (unpaired) electrons. The van der Waals surface area contributed by atoms with Gasteiger partial charge in [-0.15, -0.1) is 0 Å². The molecule has 4 aliphatic rings. The molecule has 0 amide bonds. The number of aromatic nitrogens is 2. The third kappa shape index (κ3) is 2.16. The maximum atomic E-state index is 15.1. The second kappa shape index (κ2) is 5.93. The molecule has 2 unspecified atom stereocenters. The molecule has 0 saturated heterocycles. The summed E-state index contributed by atoms with van der Waals surface area (Å²) >= 11 is 0. The van der Waals surface area contributed by atoms with Crippen molar-refractivity contribution in [2.75, 3.05) is 9.91 Å². The highest BCUT2D eigenvalue weighted by Gasteiger charge is 2.49. The second-order valence-corrected chi connectivity index (χ2v) is 7.70. The number of hydrogen-bond acceptors (Lipinski definition) is 10. The molecular formula is C19H17FN8O2. The molecule has 152 valence electrons. The first-order chi connectivity index (χ1) is 14.6. The lowest BCUT2D eigenvalue weighted by Gasteiger charge is -2.42. The number of aliphatic imine (C=N–C) groups is 1. The fourth-order valence-corrected chi connectivity index (χ4v) is 4.52. The summed E-state index contributed by atoms with van der Waals surface area (Å²) in [5, 5.41) is 27.4. The van der Waals surface area contributed by atoms with E-state index in [0.717, 1.165) is 23.3 Å². The van der Waals surface area contributed by atoms with Crippen LogP contribution in [0.1, 0.15) is 43.3 Å².